The Labute approximate surface area is 613 Å². The zero-order chi connectivity index (χ0) is 73.8. The van der Waals surface area contributed by atoms with Crippen LogP contribution in [-0.2, 0) is 65.4 Å². The number of aliphatic hydroxyl groups excluding tert-OH is 1. The lowest BCUT2D eigenvalue weighted by molar-refractivity contribution is -0.161. The van der Waals surface area contributed by atoms with Crippen LogP contribution in [0.4, 0.5) is 0 Å². The topological polar surface area (TPSA) is 237 Å². The number of hydrogen-bond acceptors (Lipinski definition) is 15. The van der Waals surface area contributed by atoms with Gasteiger partial charge in [-0.05, 0) is 49.4 Å². The summed E-state index contributed by atoms with van der Waals surface area (Å²) in [5, 5.41) is 10.6. The lowest BCUT2D eigenvalue weighted by Gasteiger charge is -2.21. The Bertz CT molecular complexity index is 1960. The molecule has 0 aliphatic carbocycles. The zero-order valence-corrected chi connectivity index (χ0v) is 67.6. The number of rotatable bonds is 78. The first-order valence-corrected chi connectivity index (χ1v) is 44.7. The van der Waals surface area contributed by atoms with Gasteiger partial charge in [0, 0.05) is 25.7 Å². The van der Waals surface area contributed by atoms with E-state index in [1.54, 1.807) is 0 Å². The molecule has 0 aliphatic rings. The van der Waals surface area contributed by atoms with Crippen LogP contribution in [0.3, 0.4) is 0 Å². The van der Waals surface area contributed by atoms with Gasteiger partial charge in [-0.3, -0.25) is 37.3 Å². The number of hydrogen-bond donors (Lipinski definition) is 3. The van der Waals surface area contributed by atoms with Gasteiger partial charge >= 0.3 is 39.5 Å². The fourth-order valence-corrected chi connectivity index (χ4v) is 14.0. The number of phosphoric ester groups is 2. The van der Waals surface area contributed by atoms with Gasteiger partial charge in [-0.1, -0.05) is 364 Å². The molecule has 3 N–H and O–H groups in total. The van der Waals surface area contributed by atoms with Crippen LogP contribution in [0.1, 0.15) is 415 Å². The predicted molar refractivity (Wildman–Crippen MR) is 409 cm³/mol. The van der Waals surface area contributed by atoms with Crippen LogP contribution >= 0.6 is 15.6 Å². The Morgan fingerprint density at radius 2 is 0.480 bits per heavy atom. The molecule has 6 atom stereocenters. The van der Waals surface area contributed by atoms with E-state index in [1.165, 1.54) is 212 Å². The first-order chi connectivity index (χ1) is 48.1. The van der Waals surface area contributed by atoms with E-state index in [2.05, 4.69) is 55.4 Å². The molecule has 0 radical (unpaired) electrons. The van der Waals surface area contributed by atoms with Crippen molar-refractivity contribution < 1.29 is 80.2 Å². The van der Waals surface area contributed by atoms with Gasteiger partial charge in [-0.25, -0.2) is 9.13 Å². The maximum atomic E-state index is 13.1. The van der Waals surface area contributed by atoms with Crippen molar-refractivity contribution in [2.75, 3.05) is 39.6 Å². The average molecular weight is 1470 g/mol. The Kier molecular flexibility index (Phi) is 68.7. The summed E-state index contributed by atoms with van der Waals surface area (Å²) in [7, 11) is -9.92. The monoisotopic (exact) mass is 1470 g/mol. The highest BCUT2D eigenvalue weighted by Crippen LogP contribution is 2.45. The van der Waals surface area contributed by atoms with Gasteiger partial charge in [0.15, 0.2) is 12.2 Å². The Hall–Kier alpha value is -1.94. The summed E-state index contributed by atoms with van der Waals surface area (Å²) in [5.41, 5.74) is 0. The molecule has 0 spiro atoms. The number of carbonyl (C=O) groups excluding carboxylic acids is 4. The third-order valence-corrected chi connectivity index (χ3v) is 21.1. The summed E-state index contributed by atoms with van der Waals surface area (Å²) < 4.78 is 68.6. The highest BCUT2D eigenvalue weighted by Gasteiger charge is 2.30. The van der Waals surface area contributed by atoms with Crippen molar-refractivity contribution in [3.63, 3.8) is 0 Å². The normalized spacial score (nSPS) is 14.3. The van der Waals surface area contributed by atoms with Crippen LogP contribution in [0.15, 0.2) is 0 Å². The largest absolute Gasteiger partial charge is 0.472 e. The van der Waals surface area contributed by atoms with Gasteiger partial charge in [0.2, 0.25) is 0 Å². The molecular formula is C81H158O17P2. The second kappa shape index (κ2) is 70.1. The van der Waals surface area contributed by atoms with Crippen molar-refractivity contribution in [2.45, 2.75) is 433 Å². The second-order valence-corrected chi connectivity index (χ2v) is 33.7. The molecule has 0 fully saturated rings. The van der Waals surface area contributed by atoms with Gasteiger partial charge in [-0.15, -0.1) is 0 Å². The zero-order valence-electron chi connectivity index (χ0n) is 65.8. The van der Waals surface area contributed by atoms with Crippen LogP contribution in [-0.4, -0.2) is 96.7 Å². The number of phosphoric acid groups is 2. The molecule has 0 heterocycles. The molecule has 19 heteroatoms. The third-order valence-electron chi connectivity index (χ3n) is 19.2. The minimum absolute atomic E-state index is 0.104. The van der Waals surface area contributed by atoms with E-state index in [-0.39, 0.29) is 25.7 Å². The van der Waals surface area contributed by atoms with E-state index in [1.807, 2.05) is 0 Å². The molecule has 0 aromatic heterocycles. The van der Waals surface area contributed by atoms with Gasteiger partial charge < -0.3 is 33.8 Å². The molecule has 0 amide bonds. The number of carbonyl (C=O) groups is 4. The first-order valence-electron chi connectivity index (χ1n) is 41.7. The van der Waals surface area contributed by atoms with E-state index in [0.717, 1.165) is 114 Å². The summed E-state index contributed by atoms with van der Waals surface area (Å²) in [6.45, 7) is 14.2. The Balaban J connectivity index is 5.21. The molecule has 0 aromatic carbocycles. The molecule has 0 aliphatic heterocycles. The van der Waals surface area contributed by atoms with Crippen LogP contribution in [0, 0.1) is 23.7 Å². The number of aliphatic hydroxyl groups is 1. The van der Waals surface area contributed by atoms with Crippen molar-refractivity contribution in [3.8, 4) is 0 Å². The highest BCUT2D eigenvalue weighted by molar-refractivity contribution is 7.47. The van der Waals surface area contributed by atoms with E-state index >= 15 is 0 Å². The van der Waals surface area contributed by atoms with Gasteiger partial charge in [0.05, 0.1) is 26.4 Å². The van der Waals surface area contributed by atoms with Gasteiger partial charge in [-0.2, -0.15) is 0 Å². The molecule has 0 bridgehead atoms. The fraction of sp³-hybridized carbons (Fsp3) is 0.951. The summed E-state index contributed by atoms with van der Waals surface area (Å²) in [4.78, 5) is 72.9. The van der Waals surface area contributed by atoms with E-state index < -0.39 is 97.5 Å². The van der Waals surface area contributed by atoms with E-state index in [0.29, 0.717) is 31.6 Å². The van der Waals surface area contributed by atoms with Crippen LogP contribution in [0.5, 0.6) is 0 Å². The lowest BCUT2D eigenvalue weighted by atomic mass is 9.99. The second-order valence-electron chi connectivity index (χ2n) is 30.8. The summed E-state index contributed by atoms with van der Waals surface area (Å²) in [5.74, 6) is 0.976. The van der Waals surface area contributed by atoms with Crippen molar-refractivity contribution >= 4 is 39.5 Å². The van der Waals surface area contributed by atoms with Crippen molar-refractivity contribution in [1.29, 1.82) is 0 Å². The SMILES string of the molecule is CCC(C)CCCCCCCCCCCCCCCCC(=O)OC[C@H](COP(=O)(O)OCC(O)COP(=O)(O)OC[C@@H](COC(=O)CCCCCCCCCC(C)C)OC(=O)CCCCCCCCCCC(C)C)OC(=O)CCCCCCCCCCCCCCCCCCCCC(C)C. The molecular weight excluding hydrogens is 1310 g/mol. The minimum atomic E-state index is -4.96. The first kappa shape index (κ1) is 98.1. The van der Waals surface area contributed by atoms with Crippen LogP contribution < -0.4 is 0 Å². The third kappa shape index (κ3) is 73.0. The van der Waals surface area contributed by atoms with Crippen molar-refractivity contribution in [3.05, 3.63) is 0 Å². The maximum absolute atomic E-state index is 13.1. The van der Waals surface area contributed by atoms with Crippen molar-refractivity contribution in [1.82, 2.24) is 0 Å². The lowest BCUT2D eigenvalue weighted by Crippen LogP contribution is -2.30. The Morgan fingerprint density at radius 1 is 0.280 bits per heavy atom. The highest BCUT2D eigenvalue weighted by atomic mass is 31.2. The number of esters is 4. The molecule has 0 saturated carbocycles. The standard InChI is InChI=1S/C81H158O17P2/c1-9-74(8)60-52-44-36-27-23-19-16-17-20-24-28-37-45-53-61-78(83)91-67-76(97-80(85)63-55-47-38-29-25-21-15-13-11-10-12-14-18-22-26-33-41-49-57-71(2)3)69-95-99(87,88)93-65-75(82)66-94-100(89,90)96-70-77(68-92-79(84)62-54-46-40-32-35-43-51-59-73(6)7)98-81(86)64-56-48-39-31-30-34-42-50-58-72(4)5/h71-77,82H,9-70H2,1-8H3,(H,87,88)(H,89,90)/t74?,75?,76-,77-/m1/s1. The molecule has 17 nitrogen and oxygen atoms in total. The molecule has 100 heavy (non-hydrogen) atoms. The molecule has 0 aromatic rings. The van der Waals surface area contributed by atoms with Crippen LogP contribution in [0.25, 0.3) is 0 Å². The minimum Gasteiger partial charge on any atom is -0.462 e. The van der Waals surface area contributed by atoms with Crippen LogP contribution in [0.2, 0.25) is 0 Å². The molecule has 4 unspecified atom stereocenters. The van der Waals surface area contributed by atoms with Gasteiger partial charge in [0.1, 0.15) is 19.3 Å². The summed E-state index contributed by atoms with van der Waals surface area (Å²) in [6.07, 6.45) is 57.1. The molecule has 594 valence electrons. The maximum Gasteiger partial charge on any atom is 0.472 e. The van der Waals surface area contributed by atoms with Gasteiger partial charge in [0.25, 0.3) is 0 Å². The molecule has 0 rings (SSSR count). The van der Waals surface area contributed by atoms with Crippen molar-refractivity contribution in [2.24, 2.45) is 23.7 Å². The Morgan fingerprint density at radius 3 is 0.710 bits per heavy atom. The average Bonchev–Trinajstić information content (AvgIpc) is 0.921. The fourth-order valence-electron chi connectivity index (χ4n) is 12.4. The van der Waals surface area contributed by atoms with E-state index in [9.17, 15) is 43.2 Å². The summed E-state index contributed by atoms with van der Waals surface area (Å²) in [6, 6.07) is 0. The van der Waals surface area contributed by atoms with E-state index in [4.69, 9.17) is 37.0 Å². The number of unbranched alkanes of at least 4 members (excludes halogenated alkanes) is 43. The molecule has 0 saturated heterocycles. The number of ether oxygens (including phenoxy) is 4. The predicted octanol–water partition coefficient (Wildman–Crippen LogP) is 24.0. The smallest absolute Gasteiger partial charge is 0.462 e. The summed E-state index contributed by atoms with van der Waals surface area (Å²) >= 11 is 0. The quantitative estimate of drug-likeness (QED) is 0.0222.